The molecule has 1 aliphatic heterocycles. The number of nitrogens with zero attached hydrogens (tertiary/aromatic N) is 2. The Morgan fingerprint density at radius 2 is 1.96 bits per heavy atom. The first-order valence-electron chi connectivity index (χ1n) is 9.17. The van der Waals surface area contributed by atoms with Crippen molar-refractivity contribution in [3.8, 4) is 22.8 Å². The minimum absolute atomic E-state index is 0.212. The highest BCUT2D eigenvalue weighted by molar-refractivity contribution is 7.89. The second-order valence-corrected chi connectivity index (χ2v) is 8.72. The molecule has 1 aliphatic rings. The summed E-state index contributed by atoms with van der Waals surface area (Å²) in [5.41, 5.74) is 3.77. The van der Waals surface area contributed by atoms with E-state index in [0.29, 0.717) is 25.4 Å². The minimum Gasteiger partial charge on any atom is -0.496 e. The molecule has 1 saturated heterocycles. The number of aromatic nitrogens is 1. The number of sulfonamides is 1. The van der Waals surface area contributed by atoms with Gasteiger partial charge in [-0.3, -0.25) is 0 Å². The smallest absolute Gasteiger partial charge is 0.221 e. The van der Waals surface area contributed by atoms with Gasteiger partial charge in [0, 0.05) is 24.8 Å². The zero-order valence-electron chi connectivity index (χ0n) is 16.1. The summed E-state index contributed by atoms with van der Waals surface area (Å²) >= 11 is 0. The first kappa shape index (κ1) is 19.6. The van der Waals surface area contributed by atoms with Gasteiger partial charge in [0.25, 0.3) is 0 Å². The second-order valence-electron chi connectivity index (χ2n) is 6.63. The molecule has 27 heavy (non-hydrogen) atoms. The van der Waals surface area contributed by atoms with Crippen LogP contribution in [-0.4, -0.2) is 44.2 Å². The van der Waals surface area contributed by atoms with Gasteiger partial charge in [0.2, 0.25) is 15.9 Å². The Morgan fingerprint density at radius 3 is 2.59 bits per heavy atom. The second kappa shape index (κ2) is 8.27. The SMILES string of the molecule is CCCc1cc(-c2cccnc2OC)c(CN2CCCS2(=O)=O)cc1OC. The molecule has 0 atom stereocenters. The van der Waals surface area contributed by atoms with Crippen LogP contribution in [0.2, 0.25) is 0 Å². The fraction of sp³-hybridized carbons (Fsp3) is 0.450. The number of hydrogen-bond donors (Lipinski definition) is 0. The number of hydrogen-bond acceptors (Lipinski definition) is 5. The van der Waals surface area contributed by atoms with E-state index in [2.05, 4.69) is 18.0 Å². The molecule has 0 spiro atoms. The maximum atomic E-state index is 12.3. The van der Waals surface area contributed by atoms with Gasteiger partial charge in [-0.2, -0.15) is 4.31 Å². The van der Waals surface area contributed by atoms with Gasteiger partial charge >= 0.3 is 0 Å². The molecule has 2 heterocycles. The molecule has 0 unspecified atom stereocenters. The first-order chi connectivity index (χ1) is 13.0. The van der Waals surface area contributed by atoms with Gasteiger partial charge in [-0.25, -0.2) is 13.4 Å². The fourth-order valence-corrected chi connectivity index (χ4v) is 5.02. The van der Waals surface area contributed by atoms with Crippen molar-refractivity contribution in [1.82, 2.24) is 9.29 Å². The Kier molecular flexibility index (Phi) is 6.01. The van der Waals surface area contributed by atoms with E-state index in [-0.39, 0.29) is 5.75 Å². The summed E-state index contributed by atoms with van der Waals surface area (Å²) in [6, 6.07) is 7.85. The number of rotatable bonds is 7. The lowest BCUT2D eigenvalue weighted by Gasteiger charge is -2.20. The van der Waals surface area contributed by atoms with Gasteiger partial charge in [0.15, 0.2) is 0 Å². The zero-order chi connectivity index (χ0) is 19.4. The standard InChI is InChI=1S/C20H26N2O4S/c1-4-7-15-12-18(17-8-5-9-21-20(17)26-3)16(13-19(15)25-2)14-22-10-6-11-27(22,23)24/h5,8-9,12-13H,4,6-7,10-11,14H2,1-3H3. The predicted octanol–water partition coefficient (Wildman–Crippen LogP) is 3.25. The molecule has 1 aromatic heterocycles. The van der Waals surface area contributed by atoms with Crippen LogP contribution in [0, 0.1) is 0 Å². The molecule has 0 bridgehead atoms. The fourth-order valence-electron chi connectivity index (χ4n) is 3.52. The molecule has 0 amide bonds. The van der Waals surface area contributed by atoms with Gasteiger partial charge in [0.1, 0.15) is 5.75 Å². The molecule has 1 aromatic carbocycles. The van der Waals surface area contributed by atoms with Crippen molar-refractivity contribution in [2.45, 2.75) is 32.7 Å². The summed E-state index contributed by atoms with van der Waals surface area (Å²) in [5, 5.41) is 0. The summed E-state index contributed by atoms with van der Waals surface area (Å²) in [6.45, 7) is 2.98. The van der Waals surface area contributed by atoms with E-state index in [1.165, 1.54) is 0 Å². The van der Waals surface area contributed by atoms with Gasteiger partial charge in [-0.15, -0.1) is 0 Å². The van der Waals surface area contributed by atoms with E-state index >= 15 is 0 Å². The predicted molar refractivity (Wildman–Crippen MR) is 106 cm³/mol. The summed E-state index contributed by atoms with van der Waals surface area (Å²) in [5.74, 6) is 1.52. The van der Waals surface area contributed by atoms with E-state index in [0.717, 1.165) is 40.8 Å². The van der Waals surface area contributed by atoms with Crippen LogP contribution in [0.3, 0.4) is 0 Å². The van der Waals surface area contributed by atoms with Crippen molar-refractivity contribution in [1.29, 1.82) is 0 Å². The Hall–Kier alpha value is -2.12. The van der Waals surface area contributed by atoms with Crippen LogP contribution in [0.15, 0.2) is 30.5 Å². The highest BCUT2D eigenvalue weighted by Crippen LogP contribution is 2.36. The largest absolute Gasteiger partial charge is 0.496 e. The number of pyridine rings is 1. The Labute approximate surface area is 161 Å². The molecule has 2 aromatic rings. The third kappa shape index (κ3) is 4.09. The molecule has 0 saturated carbocycles. The molecule has 0 aliphatic carbocycles. The highest BCUT2D eigenvalue weighted by atomic mass is 32.2. The quantitative estimate of drug-likeness (QED) is 0.726. The van der Waals surface area contributed by atoms with Crippen molar-refractivity contribution in [2.75, 3.05) is 26.5 Å². The number of benzene rings is 1. The van der Waals surface area contributed by atoms with Crippen LogP contribution in [0.4, 0.5) is 0 Å². The van der Waals surface area contributed by atoms with Gasteiger partial charge in [0.05, 0.1) is 20.0 Å². The maximum Gasteiger partial charge on any atom is 0.221 e. The van der Waals surface area contributed by atoms with E-state index in [1.54, 1.807) is 24.7 Å². The lowest BCUT2D eigenvalue weighted by Crippen LogP contribution is -2.25. The van der Waals surface area contributed by atoms with Crippen LogP contribution in [0.25, 0.3) is 11.1 Å². The summed E-state index contributed by atoms with van der Waals surface area (Å²) in [4.78, 5) is 4.31. The molecule has 7 heteroatoms. The first-order valence-corrected chi connectivity index (χ1v) is 10.8. The zero-order valence-corrected chi connectivity index (χ0v) is 16.9. The lowest BCUT2D eigenvalue weighted by atomic mass is 9.95. The van der Waals surface area contributed by atoms with Crippen molar-refractivity contribution in [3.05, 3.63) is 41.6 Å². The van der Waals surface area contributed by atoms with Crippen LogP contribution < -0.4 is 9.47 Å². The van der Waals surface area contributed by atoms with E-state index in [4.69, 9.17) is 9.47 Å². The monoisotopic (exact) mass is 390 g/mol. The number of methoxy groups -OCH3 is 2. The third-order valence-corrected chi connectivity index (χ3v) is 6.73. The Balaban J connectivity index is 2.14. The van der Waals surface area contributed by atoms with Crippen LogP contribution >= 0.6 is 0 Å². The van der Waals surface area contributed by atoms with E-state index in [1.807, 2.05) is 18.2 Å². The summed E-state index contributed by atoms with van der Waals surface area (Å²) in [7, 11) is 0.0440. The van der Waals surface area contributed by atoms with Gasteiger partial charge in [-0.1, -0.05) is 13.3 Å². The average molecular weight is 391 g/mol. The molecule has 1 fully saturated rings. The average Bonchev–Trinajstić information content (AvgIpc) is 3.00. The molecule has 3 rings (SSSR count). The normalized spacial score (nSPS) is 16.4. The van der Waals surface area contributed by atoms with E-state index < -0.39 is 10.0 Å². The third-order valence-electron chi connectivity index (χ3n) is 4.83. The molecular weight excluding hydrogens is 364 g/mol. The lowest BCUT2D eigenvalue weighted by molar-refractivity contribution is 0.399. The Bertz CT molecular complexity index is 912. The maximum absolute atomic E-state index is 12.3. The van der Waals surface area contributed by atoms with Crippen LogP contribution in [0.5, 0.6) is 11.6 Å². The molecule has 0 radical (unpaired) electrons. The van der Waals surface area contributed by atoms with E-state index in [9.17, 15) is 8.42 Å². The van der Waals surface area contributed by atoms with Crippen LogP contribution in [0.1, 0.15) is 30.9 Å². The number of aryl methyl sites for hydroxylation is 1. The van der Waals surface area contributed by atoms with Gasteiger partial charge in [-0.05, 0) is 53.8 Å². The van der Waals surface area contributed by atoms with Crippen molar-refractivity contribution < 1.29 is 17.9 Å². The summed E-state index contributed by atoms with van der Waals surface area (Å²) in [6.07, 6.45) is 4.21. The van der Waals surface area contributed by atoms with Crippen molar-refractivity contribution in [2.24, 2.45) is 0 Å². The highest BCUT2D eigenvalue weighted by Gasteiger charge is 2.29. The Morgan fingerprint density at radius 1 is 1.15 bits per heavy atom. The molecule has 146 valence electrons. The molecule has 0 N–H and O–H groups in total. The van der Waals surface area contributed by atoms with Crippen molar-refractivity contribution >= 4 is 10.0 Å². The summed E-state index contributed by atoms with van der Waals surface area (Å²) < 4.78 is 37.2. The molecule has 6 nitrogen and oxygen atoms in total. The topological polar surface area (TPSA) is 68.7 Å². The number of ether oxygens (including phenoxy) is 2. The van der Waals surface area contributed by atoms with Gasteiger partial charge < -0.3 is 9.47 Å². The molecular formula is C20H26N2O4S. The van der Waals surface area contributed by atoms with Crippen LogP contribution in [-0.2, 0) is 23.0 Å². The van der Waals surface area contributed by atoms with Crippen molar-refractivity contribution in [3.63, 3.8) is 0 Å². The minimum atomic E-state index is -3.19.